The van der Waals surface area contributed by atoms with Gasteiger partial charge in [0.05, 0.1) is 0 Å². The molecule has 0 spiro atoms. The molecular formula is C15H12CoN3W. The van der Waals surface area contributed by atoms with Gasteiger partial charge in [-0.2, -0.15) is 0 Å². The molecule has 20 heavy (non-hydrogen) atoms. The van der Waals surface area contributed by atoms with E-state index in [0.29, 0.717) is 0 Å². The average molecular weight is 477 g/mol. The molecule has 0 atom stereocenters. The van der Waals surface area contributed by atoms with Crippen LogP contribution in [0.4, 0.5) is 0 Å². The van der Waals surface area contributed by atoms with Crippen LogP contribution in [-0.4, -0.2) is 15.0 Å². The van der Waals surface area contributed by atoms with Gasteiger partial charge < -0.3 is 0 Å². The fourth-order valence-corrected chi connectivity index (χ4v) is 3.84. The van der Waals surface area contributed by atoms with Crippen molar-refractivity contribution < 1.29 is 34.7 Å². The first-order valence-corrected chi connectivity index (χ1v) is 7.37. The molecule has 0 saturated carbocycles. The van der Waals surface area contributed by atoms with Crippen molar-refractivity contribution in [3.05, 3.63) is 73.2 Å². The molecule has 0 aliphatic rings. The van der Waals surface area contributed by atoms with Crippen molar-refractivity contribution in [3.8, 4) is 0 Å². The second kappa shape index (κ2) is 7.43. The van der Waals surface area contributed by atoms with Crippen LogP contribution < -0.4 is 13.9 Å². The molecule has 0 N–H and O–H groups in total. The van der Waals surface area contributed by atoms with Crippen molar-refractivity contribution in [2.24, 2.45) is 0 Å². The Morgan fingerprint density at radius 1 is 0.550 bits per heavy atom. The molecular weight excluding hydrogens is 465 g/mol. The topological polar surface area (TPSA) is 38.7 Å². The molecule has 3 heterocycles. The van der Waals surface area contributed by atoms with Crippen molar-refractivity contribution >= 4 is 13.9 Å². The van der Waals surface area contributed by atoms with Gasteiger partial charge in [-0.25, -0.2) is 0 Å². The van der Waals surface area contributed by atoms with E-state index < -0.39 is 13.7 Å². The van der Waals surface area contributed by atoms with Gasteiger partial charge in [-0.15, -0.1) is 0 Å². The van der Waals surface area contributed by atoms with E-state index in [9.17, 15) is 0 Å². The molecule has 0 aliphatic heterocycles. The zero-order valence-corrected chi connectivity index (χ0v) is 14.5. The minimum atomic E-state index is -0.752. The third kappa shape index (κ3) is 3.39. The Balaban J connectivity index is 0.00000147. The Bertz CT molecular complexity index is 541. The maximum absolute atomic E-state index is 4.48. The van der Waals surface area contributed by atoms with Crippen LogP contribution in [0.2, 0.25) is 0 Å². The maximum atomic E-state index is 4.48. The molecule has 3 aromatic heterocycles. The van der Waals surface area contributed by atoms with Gasteiger partial charge >= 0.3 is 116 Å². The van der Waals surface area contributed by atoms with Crippen LogP contribution in [-0.2, 0) is 34.7 Å². The standard InChI is InChI=1S/3C5H4N.Co.W/c3*1-2-4-6-5-3-1;;/h3*1-4H;;. The Morgan fingerprint density at radius 2 is 0.900 bits per heavy atom. The van der Waals surface area contributed by atoms with E-state index in [1.54, 1.807) is 0 Å². The fraction of sp³-hybridized carbons (Fsp3) is 0. The molecule has 3 aromatic rings. The summed E-state index contributed by atoms with van der Waals surface area (Å²) in [5.41, 5.74) is 0. The number of aromatic nitrogens is 3. The third-order valence-corrected chi connectivity index (χ3v) is 4.88. The van der Waals surface area contributed by atoms with Crippen molar-refractivity contribution in [3.63, 3.8) is 0 Å². The Morgan fingerprint density at radius 3 is 1.15 bits per heavy atom. The second-order valence-electron chi connectivity index (χ2n) is 3.64. The van der Waals surface area contributed by atoms with Gasteiger partial charge in [0.2, 0.25) is 0 Å². The summed E-state index contributed by atoms with van der Waals surface area (Å²) in [6.45, 7) is 0. The van der Waals surface area contributed by atoms with Crippen molar-refractivity contribution in [2.45, 2.75) is 0 Å². The summed E-state index contributed by atoms with van der Waals surface area (Å²) in [4.78, 5) is 13.4. The van der Waals surface area contributed by atoms with Gasteiger partial charge in [-0.05, 0) is 0 Å². The van der Waals surface area contributed by atoms with E-state index in [1.807, 2.05) is 73.2 Å². The summed E-state index contributed by atoms with van der Waals surface area (Å²) < 4.78 is 3.06. The number of rotatable bonds is 3. The first-order valence-electron chi connectivity index (χ1n) is 5.81. The molecule has 0 amide bonds. The molecule has 0 saturated heterocycles. The van der Waals surface area contributed by atoms with Crippen LogP contribution in [0.25, 0.3) is 0 Å². The Kier molecular flexibility index (Phi) is 5.59. The van der Waals surface area contributed by atoms with Crippen molar-refractivity contribution in [1.82, 2.24) is 15.0 Å². The van der Waals surface area contributed by atoms with E-state index in [-0.39, 0.29) is 21.1 Å². The normalized spacial score (nSPS) is 10.5. The average Bonchev–Trinajstić information content (AvgIpc) is 2.51. The minimum absolute atomic E-state index is 0. The van der Waals surface area contributed by atoms with Crippen LogP contribution in [0.15, 0.2) is 73.2 Å². The van der Waals surface area contributed by atoms with E-state index in [0.717, 1.165) is 13.9 Å². The van der Waals surface area contributed by atoms with Gasteiger partial charge in [0.15, 0.2) is 0 Å². The van der Waals surface area contributed by atoms with Gasteiger partial charge in [0.25, 0.3) is 0 Å². The van der Waals surface area contributed by atoms with Crippen LogP contribution >= 0.6 is 0 Å². The Labute approximate surface area is 136 Å². The molecule has 3 rings (SSSR count). The molecule has 0 aromatic carbocycles. The van der Waals surface area contributed by atoms with Gasteiger partial charge in [0, 0.05) is 21.1 Å². The molecule has 0 bridgehead atoms. The fourth-order valence-electron chi connectivity index (χ4n) is 1.56. The zero-order chi connectivity index (χ0) is 12.9. The number of hydrogen-bond acceptors (Lipinski definition) is 3. The molecule has 3 nitrogen and oxygen atoms in total. The quantitative estimate of drug-likeness (QED) is 0.560. The first kappa shape index (κ1) is 15.0. The number of hydrogen-bond donors (Lipinski definition) is 0. The van der Waals surface area contributed by atoms with Crippen LogP contribution in [0.3, 0.4) is 0 Å². The first-order chi connectivity index (χ1) is 9.45. The van der Waals surface area contributed by atoms with Crippen molar-refractivity contribution in [1.29, 1.82) is 0 Å². The van der Waals surface area contributed by atoms with E-state index in [1.165, 1.54) is 0 Å². The molecule has 0 aliphatic carbocycles. The van der Waals surface area contributed by atoms with Gasteiger partial charge in [0.1, 0.15) is 0 Å². The summed E-state index contributed by atoms with van der Waals surface area (Å²) >= 11 is -0.752. The van der Waals surface area contributed by atoms with Crippen LogP contribution in [0, 0.1) is 0 Å². The molecule has 0 fully saturated rings. The monoisotopic (exact) mass is 477 g/mol. The number of pyridine rings is 3. The third-order valence-electron chi connectivity index (χ3n) is 2.36. The summed E-state index contributed by atoms with van der Waals surface area (Å²) in [5, 5.41) is 0. The number of nitrogens with zero attached hydrogens (tertiary/aromatic N) is 3. The Hall–Kier alpha value is -1.36. The molecule has 102 valence electrons. The van der Waals surface area contributed by atoms with E-state index in [2.05, 4.69) is 15.0 Å². The second-order valence-corrected chi connectivity index (χ2v) is 6.02. The van der Waals surface area contributed by atoms with Crippen LogP contribution in [0.1, 0.15) is 0 Å². The summed E-state index contributed by atoms with van der Waals surface area (Å²) in [7, 11) is 0. The zero-order valence-electron chi connectivity index (χ0n) is 10.5. The summed E-state index contributed by atoms with van der Waals surface area (Å²) in [5.74, 6) is 0. The molecule has 5 heteroatoms. The van der Waals surface area contributed by atoms with E-state index in [4.69, 9.17) is 0 Å². The van der Waals surface area contributed by atoms with Crippen molar-refractivity contribution in [2.75, 3.05) is 0 Å². The van der Waals surface area contributed by atoms with Gasteiger partial charge in [-0.1, -0.05) is 0 Å². The molecule has 0 unspecified atom stereocenters. The van der Waals surface area contributed by atoms with Gasteiger partial charge in [-0.3, -0.25) is 0 Å². The summed E-state index contributed by atoms with van der Waals surface area (Å²) in [6.07, 6.45) is 5.45. The van der Waals surface area contributed by atoms with E-state index >= 15 is 0 Å². The predicted molar refractivity (Wildman–Crippen MR) is 71.6 cm³/mol. The predicted octanol–water partition coefficient (Wildman–Crippen LogP) is 0.764. The SMILES string of the molecule is [W].c1cc[c]([Co]([c]2ccccn2)[c]2ccccn2)nc1. The van der Waals surface area contributed by atoms with Crippen LogP contribution in [0.5, 0.6) is 0 Å². The molecule has 0 radical (unpaired) electrons. The summed E-state index contributed by atoms with van der Waals surface area (Å²) in [6, 6.07) is 17.9.